The van der Waals surface area contributed by atoms with Crippen LogP contribution < -0.4 is 5.32 Å². The highest BCUT2D eigenvalue weighted by molar-refractivity contribution is 6.10. The molecule has 1 aliphatic carbocycles. The van der Waals surface area contributed by atoms with Gasteiger partial charge >= 0.3 is 0 Å². The predicted octanol–water partition coefficient (Wildman–Crippen LogP) is 5.95. The molecule has 1 saturated carbocycles. The lowest BCUT2D eigenvalue weighted by molar-refractivity contribution is -0.126. The first-order valence-corrected chi connectivity index (χ1v) is 15.2. The van der Waals surface area contributed by atoms with Crippen molar-refractivity contribution in [3.8, 4) is 11.4 Å². The number of nitrogens with zero attached hydrogens (tertiary/aromatic N) is 2. The van der Waals surface area contributed by atoms with Crippen molar-refractivity contribution in [1.29, 1.82) is 0 Å². The molecule has 8 nitrogen and oxygen atoms in total. The second kappa shape index (κ2) is 12.0. The zero-order valence-corrected chi connectivity index (χ0v) is 24.5. The van der Waals surface area contributed by atoms with Crippen LogP contribution in [0.4, 0.5) is 0 Å². The number of H-pyrrole nitrogens is 2. The van der Waals surface area contributed by atoms with E-state index in [9.17, 15) is 14.4 Å². The van der Waals surface area contributed by atoms with Gasteiger partial charge in [-0.05, 0) is 69.2 Å². The number of hydrogen-bond donors (Lipinski definition) is 3. The molecule has 0 atom stereocenters. The average Bonchev–Trinajstić information content (AvgIpc) is 3.58. The molecule has 42 heavy (non-hydrogen) atoms. The van der Waals surface area contributed by atoms with Crippen LogP contribution in [0, 0.1) is 25.7 Å². The summed E-state index contributed by atoms with van der Waals surface area (Å²) >= 11 is 0. The number of aryl methyl sites for hydroxylation is 1. The number of piperidine rings is 1. The molecule has 3 heterocycles. The molecule has 0 unspecified atom stereocenters. The number of aromatic amines is 2. The van der Waals surface area contributed by atoms with Crippen molar-refractivity contribution in [3.63, 3.8) is 0 Å². The fourth-order valence-electron chi connectivity index (χ4n) is 6.63. The Kier molecular flexibility index (Phi) is 7.96. The number of hydrogen-bond acceptors (Lipinski definition) is 4. The van der Waals surface area contributed by atoms with Crippen molar-refractivity contribution in [3.05, 3.63) is 76.6 Å². The van der Waals surface area contributed by atoms with Gasteiger partial charge in [-0.25, -0.2) is 4.98 Å². The number of benzene rings is 2. The lowest BCUT2D eigenvalue weighted by Crippen LogP contribution is -2.44. The molecule has 1 aliphatic heterocycles. The van der Waals surface area contributed by atoms with E-state index in [1.807, 2.05) is 61.2 Å². The summed E-state index contributed by atoms with van der Waals surface area (Å²) in [7, 11) is 0. The van der Waals surface area contributed by atoms with Crippen LogP contribution in [-0.4, -0.2) is 57.1 Å². The Morgan fingerprint density at radius 1 is 0.905 bits per heavy atom. The Labute approximate surface area is 246 Å². The molecule has 2 amide bonds. The van der Waals surface area contributed by atoms with Gasteiger partial charge in [0.2, 0.25) is 5.91 Å². The molecule has 2 aromatic carbocycles. The van der Waals surface area contributed by atoms with E-state index in [2.05, 4.69) is 15.3 Å². The lowest BCUT2D eigenvalue weighted by Gasteiger charge is -2.32. The summed E-state index contributed by atoms with van der Waals surface area (Å²) in [5.74, 6) is 1.29. The van der Waals surface area contributed by atoms with Crippen molar-refractivity contribution >= 4 is 28.6 Å². The van der Waals surface area contributed by atoms with Gasteiger partial charge in [0.1, 0.15) is 11.5 Å². The van der Waals surface area contributed by atoms with E-state index in [1.54, 1.807) is 6.07 Å². The van der Waals surface area contributed by atoms with Crippen LogP contribution in [0.25, 0.3) is 22.4 Å². The van der Waals surface area contributed by atoms with Crippen LogP contribution in [-0.2, 0) is 4.79 Å². The largest absolute Gasteiger partial charge is 0.356 e. The van der Waals surface area contributed by atoms with E-state index < -0.39 is 0 Å². The minimum Gasteiger partial charge on any atom is -0.356 e. The molecule has 2 fully saturated rings. The van der Waals surface area contributed by atoms with Gasteiger partial charge in [0, 0.05) is 47.9 Å². The fourth-order valence-corrected chi connectivity index (χ4v) is 6.63. The third-order valence-electron chi connectivity index (χ3n) is 9.11. The maximum absolute atomic E-state index is 13.6. The van der Waals surface area contributed by atoms with Crippen molar-refractivity contribution in [2.24, 2.45) is 11.8 Å². The van der Waals surface area contributed by atoms with Gasteiger partial charge in [-0.2, -0.15) is 0 Å². The minimum absolute atomic E-state index is 0.0334. The second-order valence-electron chi connectivity index (χ2n) is 12.0. The molecule has 0 radical (unpaired) electrons. The van der Waals surface area contributed by atoms with Crippen molar-refractivity contribution in [2.75, 3.05) is 19.6 Å². The van der Waals surface area contributed by atoms with E-state index in [1.165, 1.54) is 32.1 Å². The molecule has 0 spiro atoms. The first kappa shape index (κ1) is 27.9. The van der Waals surface area contributed by atoms with Crippen LogP contribution in [0.5, 0.6) is 0 Å². The molecular weight excluding hydrogens is 526 g/mol. The number of likely N-dealkylation sites (tertiary alicyclic amines) is 1. The number of ketones is 1. The molecule has 2 aromatic heterocycles. The van der Waals surface area contributed by atoms with E-state index in [0.717, 1.165) is 34.4 Å². The summed E-state index contributed by atoms with van der Waals surface area (Å²) in [5, 5.41) is 3.19. The number of amides is 2. The van der Waals surface area contributed by atoms with Gasteiger partial charge in [0.05, 0.1) is 11.0 Å². The molecule has 1 saturated heterocycles. The SMILES string of the molecule is Cc1[nH]c(C(=O)N2CCC(C(=O)NCC3CCCCC3)CC2)c(C)c1-c1nc2ccc(C(=O)c3ccccc3)cc2[nH]1. The Morgan fingerprint density at radius 3 is 2.38 bits per heavy atom. The Bertz CT molecular complexity index is 1600. The van der Waals surface area contributed by atoms with E-state index in [0.29, 0.717) is 54.5 Å². The zero-order chi connectivity index (χ0) is 29.2. The summed E-state index contributed by atoms with van der Waals surface area (Å²) in [6, 6.07) is 14.7. The van der Waals surface area contributed by atoms with Crippen LogP contribution >= 0.6 is 0 Å². The molecule has 8 heteroatoms. The summed E-state index contributed by atoms with van der Waals surface area (Å²) < 4.78 is 0. The van der Waals surface area contributed by atoms with Crippen LogP contribution in [0.1, 0.15) is 82.6 Å². The smallest absolute Gasteiger partial charge is 0.270 e. The zero-order valence-electron chi connectivity index (χ0n) is 24.5. The molecule has 4 aromatic rings. The van der Waals surface area contributed by atoms with Gasteiger partial charge in [-0.1, -0.05) is 49.6 Å². The first-order valence-electron chi connectivity index (χ1n) is 15.2. The lowest BCUT2D eigenvalue weighted by atomic mass is 9.89. The Balaban J connectivity index is 1.13. The third kappa shape index (κ3) is 5.62. The molecule has 218 valence electrons. The minimum atomic E-state index is -0.0465. The van der Waals surface area contributed by atoms with Gasteiger partial charge in [0.25, 0.3) is 5.91 Å². The molecule has 0 bridgehead atoms. The molecular formula is C34H39N5O3. The highest BCUT2D eigenvalue weighted by Crippen LogP contribution is 2.31. The number of nitrogens with one attached hydrogen (secondary N) is 3. The summed E-state index contributed by atoms with van der Waals surface area (Å²) in [5.41, 5.74) is 5.87. The molecule has 6 rings (SSSR count). The molecule has 3 N–H and O–H groups in total. The number of fused-ring (bicyclic) bond motifs is 1. The van der Waals surface area contributed by atoms with Gasteiger partial charge in [0.15, 0.2) is 5.78 Å². The maximum Gasteiger partial charge on any atom is 0.270 e. The number of carbonyl (C=O) groups is 3. The summed E-state index contributed by atoms with van der Waals surface area (Å²) in [6.07, 6.45) is 7.65. The quantitative estimate of drug-likeness (QED) is 0.240. The second-order valence-corrected chi connectivity index (χ2v) is 12.0. The van der Waals surface area contributed by atoms with E-state index in [-0.39, 0.29) is 23.5 Å². The average molecular weight is 566 g/mol. The monoisotopic (exact) mass is 565 g/mol. The number of rotatable bonds is 7. The third-order valence-corrected chi connectivity index (χ3v) is 9.11. The number of imidazole rings is 1. The van der Waals surface area contributed by atoms with Crippen molar-refractivity contribution in [1.82, 2.24) is 25.2 Å². The normalized spacial score (nSPS) is 16.6. The highest BCUT2D eigenvalue weighted by atomic mass is 16.2. The van der Waals surface area contributed by atoms with Gasteiger partial charge < -0.3 is 20.2 Å². The van der Waals surface area contributed by atoms with Crippen LogP contribution in [0.3, 0.4) is 0 Å². The summed E-state index contributed by atoms with van der Waals surface area (Å²) in [4.78, 5) is 52.7. The fraction of sp³-hybridized carbons (Fsp3) is 0.412. The van der Waals surface area contributed by atoms with Crippen molar-refractivity contribution < 1.29 is 14.4 Å². The van der Waals surface area contributed by atoms with Crippen molar-refractivity contribution in [2.45, 2.75) is 58.8 Å². The van der Waals surface area contributed by atoms with Gasteiger partial charge in [-0.15, -0.1) is 0 Å². The molecule has 2 aliphatic rings. The van der Waals surface area contributed by atoms with Crippen LogP contribution in [0.15, 0.2) is 48.5 Å². The van der Waals surface area contributed by atoms with E-state index in [4.69, 9.17) is 4.98 Å². The topological polar surface area (TPSA) is 111 Å². The predicted molar refractivity (Wildman–Crippen MR) is 163 cm³/mol. The summed E-state index contributed by atoms with van der Waals surface area (Å²) in [6.45, 7) is 5.80. The maximum atomic E-state index is 13.6. The number of aromatic nitrogens is 3. The number of carbonyl (C=O) groups excluding carboxylic acids is 3. The van der Waals surface area contributed by atoms with Crippen LogP contribution in [0.2, 0.25) is 0 Å². The Hall–Kier alpha value is -4.20. The standard InChI is InChI=1S/C34H39N5O3/c1-21-29(32-37-27-14-13-26(19-28(27)38-32)31(40)24-11-7-4-8-12-24)22(2)36-30(21)34(42)39-17-15-25(16-18-39)33(41)35-20-23-9-5-3-6-10-23/h4,7-8,11-14,19,23,25,36H,3,5-6,9-10,15-18,20H2,1-2H3,(H,35,41)(H,37,38). The first-order chi connectivity index (χ1) is 20.4. The highest BCUT2D eigenvalue weighted by Gasteiger charge is 2.30. The van der Waals surface area contributed by atoms with Gasteiger partial charge in [-0.3, -0.25) is 14.4 Å². The van der Waals surface area contributed by atoms with E-state index >= 15 is 0 Å². The Morgan fingerprint density at radius 2 is 1.64 bits per heavy atom.